The van der Waals surface area contributed by atoms with E-state index in [1.165, 1.54) is 0 Å². The predicted molar refractivity (Wildman–Crippen MR) is 104 cm³/mol. The lowest BCUT2D eigenvalue weighted by Crippen LogP contribution is -2.35. The molecule has 3 N–H and O–H groups in total. The van der Waals surface area contributed by atoms with Crippen LogP contribution in [0.1, 0.15) is 41.4 Å². The van der Waals surface area contributed by atoms with Gasteiger partial charge in [-0.3, -0.25) is 4.79 Å². The number of esters is 1. The highest BCUT2D eigenvalue weighted by Crippen LogP contribution is 2.19. The van der Waals surface area contributed by atoms with E-state index in [1.54, 1.807) is 31.2 Å². The van der Waals surface area contributed by atoms with Crippen LogP contribution in [0.2, 0.25) is 0 Å². The molecule has 0 radical (unpaired) electrons. The normalized spacial score (nSPS) is 12.4. The molecule has 0 aliphatic carbocycles. The van der Waals surface area contributed by atoms with E-state index in [2.05, 4.69) is 5.32 Å². The lowest BCUT2D eigenvalue weighted by molar-refractivity contribution is -0.125. The highest BCUT2D eigenvalue weighted by Gasteiger charge is 2.21. The zero-order valence-electron chi connectivity index (χ0n) is 15.0. The third-order valence-electron chi connectivity index (χ3n) is 4.07. The van der Waals surface area contributed by atoms with Gasteiger partial charge in [-0.15, -0.1) is 12.4 Å². The number of nitrogens with one attached hydrogen (secondary N) is 1. The molecule has 0 spiro atoms. The fourth-order valence-corrected chi connectivity index (χ4v) is 2.45. The molecular formula is C20H25ClN2O3. The summed E-state index contributed by atoms with van der Waals surface area (Å²) in [5, 5.41) is 2.89. The van der Waals surface area contributed by atoms with E-state index in [0.29, 0.717) is 18.7 Å². The second-order valence-electron chi connectivity index (χ2n) is 5.86. The van der Waals surface area contributed by atoms with E-state index in [-0.39, 0.29) is 36.2 Å². The minimum Gasteiger partial charge on any atom is -0.462 e. The van der Waals surface area contributed by atoms with Gasteiger partial charge in [0.1, 0.15) is 0 Å². The Morgan fingerprint density at radius 3 is 2.27 bits per heavy atom. The van der Waals surface area contributed by atoms with Gasteiger partial charge in [0, 0.05) is 12.6 Å². The molecule has 0 bridgehead atoms. The molecule has 2 unspecified atom stereocenters. The summed E-state index contributed by atoms with van der Waals surface area (Å²) < 4.78 is 4.94. The zero-order valence-corrected chi connectivity index (χ0v) is 15.8. The Labute approximate surface area is 160 Å². The van der Waals surface area contributed by atoms with Crippen LogP contribution in [0.25, 0.3) is 0 Å². The smallest absolute Gasteiger partial charge is 0.338 e. The van der Waals surface area contributed by atoms with Gasteiger partial charge in [0.25, 0.3) is 0 Å². The van der Waals surface area contributed by atoms with Crippen LogP contribution in [0.5, 0.6) is 0 Å². The number of amides is 1. The molecule has 26 heavy (non-hydrogen) atoms. The Morgan fingerprint density at radius 1 is 1.08 bits per heavy atom. The first-order valence-electron chi connectivity index (χ1n) is 8.37. The molecule has 0 saturated carbocycles. The van der Waals surface area contributed by atoms with Gasteiger partial charge in [0.15, 0.2) is 0 Å². The monoisotopic (exact) mass is 376 g/mol. The van der Waals surface area contributed by atoms with Crippen LogP contribution in [0.4, 0.5) is 0 Å². The summed E-state index contributed by atoms with van der Waals surface area (Å²) in [5.74, 6) is -0.799. The molecule has 0 fully saturated rings. The fraction of sp³-hybridized carbons (Fsp3) is 0.300. The Bertz CT molecular complexity index is 705. The highest BCUT2D eigenvalue weighted by atomic mass is 35.5. The standard InChI is InChI=1S/C20H24N2O3.ClH/c1-3-25-20(24)17-11-9-15(10-12-17)13-22-19(23)14(2)18(21)16-7-5-4-6-8-16;/h4-12,14,18H,3,13,21H2,1-2H3,(H,22,23);1H. The van der Waals surface area contributed by atoms with Crippen molar-refractivity contribution in [2.75, 3.05) is 6.61 Å². The summed E-state index contributed by atoms with van der Waals surface area (Å²) in [7, 11) is 0. The molecule has 2 aromatic rings. The second-order valence-corrected chi connectivity index (χ2v) is 5.86. The summed E-state index contributed by atoms with van der Waals surface area (Å²) in [6, 6.07) is 16.2. The van der Waals surface area contributed by atoms with Crippen LogP contribution in [-0.4, -0.2) is 18.5 Å². The molecule has 0 heterocycles. The molecule has 2 aromatic carbocycles. The van der Waals surface area contributed by atoms with Gasteiger partial charge in [-0.1, -0.05) is 49.4 Å². The first-order valence-corrected chi connectivity index (χ1v) is 8.37. The van der Waals surface area contributed by atoms with E-state index in [9.17, 15) is 9.59 Å². The molecule has 5 nitrogen and oxygen atoms in total. The Balaban J connectivity index is 0.00000338. The zero-order chi connectivity index (χ0) is 18.2. The average molecular weight is 377 g/mol. The average Bonchev–Trinajstić information content (AvgIpc) is 2.66. The lowest BCUT2D eigenvalue weighted by Gasteiger charge is -2.20. The van der Waals surface area contributed by atoms with Crippen molar-refractivity contribution in [2.24, 2.45) is 11.7 Å². The lowest BCUT2D eigenvalue weighted by atomic mass is 9.94. The number of hydrogen-bond donors (Lipinski definition) is 2. The van der Waals surface area contributed by atoms with Crippen LogP contribution in [-0.2, 0) is 16.1 Å². The molecule has 6 heteroatoms. The quantitative estimate of drug-likeness (QED) is 0.727. The van der Waals surface area contributed by atoms with Gasteiger partial charge in [-0.2, -0.15) is 0 Å². The largest absolute Gasteiger partial charge is 0.462 e. The van der Waals surface area contributed by atoms with E-state index >= 15 is 0 Å². The molecular weight excluding hydrogens is 352 g/mol. The maximum Gasteiger partial charge on any atom is 0.338 e. The summed E-state index contributed by atoms with van der Waals surface area (Å²) in [5.41, 5.74) is 8.51. The van der Waals surface area contributed by atoms with E-state index in [0.717, 1.165) is 11.1 Å². The van der Waals surface area contributed by atoms with Crippen LogP contribution < -0.4 is 11.1 Å². The van der Waals surface area contributed by atoms with Crippen molar-refractivity contribution in [1.29, 1.82) is 0 Å². The maximum atomic E-state index is 12.3. The van der Waals surface area contributed by atoms with E-state index < -0.39 is 0 Å². The van der Waals surface area contributed by atoms with Crippen molar-refractivity contribution >= 4 is 24.3 Å². The van der Waals surface area contributed by atoms with Gasteiger partial charge < -0.3 is 15.8 Å². The summed E-state index contributed by atoms with van der Waals surface area (Å²) in [4.78, 5) is 23.9. The molecule has 0 aromatic heterocycles. The Kier molecular flexibility index (Phi) is 8.82. The molecule has 0 aliphatic rings. The van der Waals surface area contributed by atoms with Crippen LogP contribution in [0.3, 0.4) is 0 Å². The van der Waals surface area contributed by atoms with Gasteiger partial charge >= 0.3 is 5.97 Å². The summed E-state index contributed by atoms with van der Waals surface area (Å²) in [6.07, 6.45) is 0. The number of ether oxygens (including phenoxy) is 1. The minimum atomic E-state index is -0.354. The van der Waals surface area contributed by atoms with Crippen molar-refractivity contribution in [2.45, 2.75) is 26.4 Å². The first kappa shape index (κ1) is 21.7. The number of benzene rings is 2. The van der Waals surface area contributed by atoms with Crippen LogP contribution >= 0.6 is 12.4 Å². The first-order chi connectivity index (χ1) is 12.0. The van der Waals surface area contributed by atoms with Crippen molar-refractivity contribution in [3.8, 4) is 0 Å². The van der Waals surface area contributed by atoms with Gasteiger partial charge in [-0.25, -0.2) is 4.79 Å². The maximum absolute atomic E-state index is 12.3. The highest BCUT2D eigenvalue weighted by molar-refractivity contribution is 5.89. The molecule has 0 aliphatic heterocycles. The Morgan fingerprint density at radius 2 is 1.69 bits per heavy atom. The molecule has 1 amide bonds. The van der Waals surface area contributed by atoms with Gasteiger partial charge in [-0.05, 0) is 30.2 Å². The summed E-state index contributed by atoms with van der Waals surface area (Å²) in [6.45, 7) is 4.31. The molecule has 2 rings (SSSR count). The minimum absolute atomic E-state index is 0. The van der Waals surface area contributed by atoms with E-state index in [4.69, 9.17) is 10.5 Å². The number of nitrogens with two attached hydrogens (primary N) is 1. The third kappa shape index (κ3) is 5.86. The number of rotatable bonds is 7. The SMILES string of the molecule is CCOC(=O)c1ccc(CNC(=O)C(C)C(N)c2ccccc2)cc1.Cl. The van der Waals surface area contributed by atoms with Gasteiger partial charge in [0.2, 0.25) is 5.91 Å². The summed E-state index contributed by atoms with van der Waals surface area (Å²) >= 11 is 0. The van der Waals surface area contributed by atoms with Crippen molar-refractivity contribution in [3.05, 3.63) is 71.3 Å². The van der Waals surface area contributed by atoms with Crippen LogP contribution in [0, 0.1) is 5.92 Å². The van der Waals surface area contributed by atoms with E-state index in [1.807, 2.05) is 37.3 Å². The number of halogens is 1. The van der Waals surface area contributed by atoms with Crippen LogP contribution in [0.15, 0.2) is 54.6 Å². The van der Waals surface area contributed by atoms with Crippen molar-refractivity contribution < 1.29 is 14.3 Å². The Hall–Kier alpha value is -2.37. The fourth-order valence-electron chi connectivity index (χ4n) is 2.45. The predicted octanol–water partition coefficient (Wildman–Crippen LogP) is 3.24. The molecule has 0 saturated heterocycles. The molecule has 2 atom stereocenters. The number of hydrogen-bond acceptors (Lipinski definition) is 4. The molecule has 140 valence electrons. The number of carbonyl (C=O) groups is 2. The van der Waals surface area contributed by atoms with Crippen molar-refractivity contribution in [3.63, 3.8) is 0 Å². The second kappa shape index (κ2) is 10.6. The van der Waals surface area contributed by atoms with Gasteiger partial charge in [0.05, 0.1) is 18.1 Å². The topological polar surface area (TPSA) is 81.4 Å². The number of carbonyl (C=O) groups excluding carboxylic acids is 2. The van der Waals surface area contributed by atoms with Crippen molar-refractivity contribution in [1.82, 2.24) is 5.32 Å². The third-order valence-corrected chi connectivity index (χ3v) is 4.07.